The van der Waals surface area contributed by atoms with Crippen LogP contribution in [0.15, 0.2) is 36.6 Å². The van der Waals surface area contributed by atoms with Crippen LogP contribution in [-0.4, -0.2) is 48.1 Å². The van der Waals surface area contributed by atoms with Crippen LogP contribution in [0.2, 0.25) is 0 Å². The molecule has 3 nitrogen and oxygen atoms in total. The van der Waals surface area contributed by atoms with Gasteiger partial charge in [0.15, 0.2) is 0 Å². The average Bonchev–Trinajstić information content (AvgIpc) is 2.46. The normalized spacial score (nSPS) is 19.0. The molecule has 1 heterocycles. The SMILES string of the molecule is C=C/C=C(\C=C/C)N1CCN(C(C)(C)CC(C)(C)CN)CC1. The molecule has 22 heavy (non-hydrogen) atoms. The number of hydrogen-bond donors (Lipinski definition) is 1. The van der Waals surface area contributed by atoms with Gasteiger partial charge in [0.05, 0.1) is 0 Å². The molecule has 0 amide bonds. The topological polar surface area (TPSA) is 32.5 Å². The molecule has 0 aromatic rings. The molecule has 126 valence electrons. The van der Waals surface area contributed by atoms with Gasteiger partial charge >= 0.3 is 0 Å². The monoisotopic (exact) mass is 305 g/mol. The molecule has 0 aromatic heterocycles. The van der Waals surface area contributed by atoms with Crippen LogP contribution in [0.4, 0.5) is 0 Å². The third-order valence-electron chi connectivity index (χ3n) is 4.59. The van der Waals surface area contributed by atoms with E-state index in [2.05, 4.69) is 69.2 Å². The van der Waals surface area contributed by atoms with Gasteiger partial charge in [-0.2, -0.15) is 0 Å². The molecule has 2 N–H and O–H groups in total. The standard InChI is InChI=1S/C19H35N3/c1-7-9-17(10-8-2)21-11-13-22(14-12-21)19(5,6)15-18(3,4)16-20/h7-10H,1,11-16,20H2,2-6H3/b10-8-,17-9+. The first-order valence-corrected chi connectivity index (χ1v) is 8.41. The second-order valence-corrected chi connectivity index (χ2v) is 7.66. The maximum absolute atomic E-state index is 5.92. The minimum Gasteiger partial charge on any atom is -0.369 e. The van der Waals surface area contributed by atoms with Crippen LogP contribution in [0, 0.1) is 5.41 Å². The molecule has 0 bridgehead atoms. The lowest BCUT2D eigenvalue weighted by Gasteiger charge is -2.47. The van der Waals surface area contributed by atoms with E-state index >= 15 is 0 Å². The van der Waals surface area contributed by atoms with Crippen molar-refractivity contribution in [1.82, 2.24) is 9.80 Å². The lowest BCUT2D eigenvalue weighted by atomic mass is 9.79. The van der Waals surface area contributed by atoms with Crippen LogP contribution in [0.3, 0.4) is 0 Å². The second kappa shape index (κ2) is 7.98. The third kappa shape index (κ3) is 5.29. The molecule has 1 fully saturated rings. The van der Waals surface area contributed by atoms with Gasteiger partial charge in [-0.3, -0.25) is 4.90 Å². The van der Waals surface area contributed by atoms with Crippen molar-refractivity contribution in [3.63, 3.8) is 0 Å². The smallest absolute Gasteiger partial charge is 0.0363 e. The van der Waals surface area contributed by atoms with Gasteiger partial charge in [0, 0.05) is 37.4 Å². The fourth-order valence-corrected chi connectivity index (χ4v) is 3.48. The molecule has 1 saturated heterocycles. The zero-order valence-electron chi connectivity index (χ0n) is 15.2. The highest BCUT2D eigenvalue weighted by Crippen LogP contribution is 2.31. The van der Waals surface area contributed by atoms with Crippen molar-refractivity contribution in [2.24, 2.45) is 11.1 Å². The number of rotatable bonds is 7. The van der Waals surface area contributed by atoms with E-state index in [-0.39, 0.29) is 11.0 Å². The summed E-state index contributed by atoms with van der Waals surface area (Å²) in [7, 11) is 0. The van der Waals surface area contributed by atoms with Crippen molar-refractivity contribution in [1.29, 1.82) is 0 Å². The predicted molar refractivity (Wildman–Crippen MR) is 97.8 cm³/mol. The summed E-state index contributed by atoms with van der Waals surface area (Å²) in [6, 6.07) is 0. The van der Waals surface area contributed by atoms with Crippen molar-refractivity contribution >= 4 is 0 Å². The molecule has 0 radical (unpaired) electrons. The summed E-state index contributed by atoms with van der Waals surface area (Å²) in [5.41, 5.74) is 7.57. The summed E-state index contributed by atoms with van der Waals surface area (Å²) < 4.78 is 0. The van der Waals surface area contributed by atoms with E-state index in [9.17, 15) is 0 Å². The van der Waals surface area contributed by atoms with Crippen LogP contribution in [0.1, 0.15) is 41.0 Å². The second-order valence-electron chi connectivity index (χ2n) is 7.66. The highest BCUT2D eigenvalue weighted by Gasteiger charge is 2.34. The van der Waals surface area contributed by atoms with E-state index in [1.807, 2.05) is 6.08 Å². The summed E-state index contributed by atoms with van der Waals surface area (Å²) >= 11 is 0. The van der Waals surface area contributed by atoms with Gasteiger partial charge in [-0.15, -0.1) is 0 Å². The molecule has 0 saturated carbocycles. The molecular formula is C19H35N3. The molecule has 0 unspecified atom stereocenters. The summed E-state index contributed by atoms with van der Waals surface area (Å²) in [6.07, 6.45) is 9.35. The summed E-state index contributed by atoms with van der Waals surface area (Å²) in [5, 5.41) is 0. The van der Waals surface area contributed by atoms with E-state index in [1.165, 1.54) is 5.70 Å². The van der Waals surface area contributed by atoms with E-state index in [4.69, 9.17) is 5.73 Å². The van der Waals surface area contributed by atoms with Gasteiger partial charge in [0.2, 0.25) is 0 Å². The first-order chi connectivity index (χ1) is 10.3. The molecule has 1 aliphatic heterocycles. The highest BCUT2D eigenvalue weighted by molar-refractivity contribution is 5.22. The Labute approximate surface area is 137 Å². The van der Waals surface area contributed by atoms with E-state index in [0.29, 0.717) is 0 Å². The molecule has 3 heteroatoms. The van der Waals surface area contributed by atoms with Crippen molar-refractivity contribution in [2.75, 3.05) is 32.7 Å². The Morgan fingerprint density at radius 3 is 2.18 bits per heavy atom. The summed E-state index contributed by atoms with van der Waals surface area (Å²) in [4.78, 5) is 5.06. The zero-order valence-corrected chi connectivity index (χ0v) is 15.2. The molecule has 0 spiro atoms. The maximum atomic E-state index is 5.92. The minimum absolute atomic E-state index is 0.192. The third-order valence-corrected chi connectivity index (χ3v) is 4.59. The predicted octanol–water partition coefficient (Wildman–Crippen LogP) is 3.40. The van der Waals surface area contributed by atoms with Gasteiger partial charge in [-0.1, -0.05) is 32.6 Å². The van der Waals surface area contributed by atoms with Gasteiger partial charge in [-0.25, -0.2) is 0 Å². The van der Waals surface area contributed by atoms with E-state index in [0.717, 1.165) is 39.1 Å². The maximum Gasteiger partial charge on any atom is 0.0363 e. The fourth-order valence-electron chi connectivity index (χ4n) is 3.48. The average molecular weight is 306 g/mol. The van der Waals surface area contributed by atoms with Crippen molar-refractivity contribution in [2.45, 2.75) is 46.6 Å². The number of hydrogen-bond acceptors (Lipinski definition) is 3. The number of piperazine rings is 1. The van der Waals surface area contributed by atoms with Gasteiger partial charge < -0.3 is 10.6 Å². The lowest BCUT2D eigenvalue weighted by Crippen LogP contribution is -2.55. The summed E-state index contributed by atoms with van der Waals surface area (Å²) in [6.45, 7) is 20.2. The minimum atomic E-state index is 0.192. The van der Waals surface area contributed by atoms with Crippen LogP contribution in [0.25, 0.3) is 0 Å². The van der Waals surface area contributed by atoms with Crippen LogP contribution >= 0.6 is 0 Å². The Hall–Kier alpha value is -1.06. The zero-order chi connectivity index (χ0) is 16.8. The van der Waals surface area contributed by atoms with Gasteiger partial charge in [-0.05, 0) is 51.3 Å². The first-order valence-electron chi connectivity index (χ1n) is 8.41. The molecule has 0 atom stereocenters. The van der Waals surface area contributed by atoms with E-state index in [1.54, 1.807) is 0 Å². The molecule has 1 rings (SSSR count). The van der Waals surface area contributed by atoms with Crippen LogP contribution < -0.4 is 5.73 Å². The molecular weight excluding hydrogens is 270 g/mol. The Balaban J connectivity index is 2.68. The largest absolute Gasteiger partial charge is 0.369 e. The van der Waals surface area contributed by atoms with Gasteiger partial charge in [0.1, 0.15) is 0 Å². The lowest BCUT2D eigenvalue weighted by molar-refractivity contribution is 0.0368. The first kappa shape index (κ1) is 19.0. The molecule has 0 aromatic carbocycles. The Morgan fingerprint density at radius 2 is 1.73 bits per heavy atom. The van der Waals surface area contributed by atoms with Crippen LogP contribution in [-0.2, 0) is 0 Å². The van der Waals surface area contributed by atoms with Crippen molar-refractivity contribution in [3.8, 4) is 0 Å². The Kier molecular flexibility index (Phi) is 6.89. The van der Waals surface area contributed by atoms with Crippen molar-refractivity contribution in [3.05, 3.63) is 36.6 Å². The number of nitrogens with zero attached hydrogens (tertiary/aromatic N) is 2. The van der Waals surface area contributed by atoms with Crippen LogP contribution in [0.5, 0.6) is 0 Å². The molecule has 0 aliphatic carbocycles. The highest BCUT2D eigenvalue weighted by atomic mass is 15.3. The number of nitrogens with two attached hydrogens (primary N) is 1. The Morgan fingerprint density at radius 1 is 1.14 bits per heavy atom. The van der Waals surface area contributed by atoms with E-state index < -0.39 is 0 Å². The van der Waals surface area contributed by atoms with Crippen molar-refractivity contribution < 1.29 is 0 Å². The molecule has 1 aliphatic rings. The Bertz CT molecular complexity index is 410. The number of allylic oxidation sites excluding steroid dienone is 4. The summed E-state index contributed by atoms with van der Waals surface area (Å²) in [5.74, 6) is 0. The quantitative estimate of drug-likeness (QED) is 0.732. The fraction of sp³-hybridized carbons (Fsp3) is 0.684. The van der Waals surface area contributed by atoms with Gasteiger partial charge in [0.25, 0.3) is 0 Å².